The lowest BCUT2D eigenvalue weighted by molar-refractivity contribution is -0.122. The van der Waals surface area contributed by atoms with E-state index in [0.29, 0.717) is 25.4 Å². The molecule has 1 aliphatic heterocycles. The van der Waals surface area contributed by atoms with Gasteiger partial charge in [0.2, 0.25) is 5.91 Å². The lowest BCUT2D eigenvalue weighted by atomic mass is 9.74. The van der Waals surface area contributed by atoms with E-state index in [0.717, 1.165) is 27.4 Å². The van der Waals surface area contributed by atoms with Crippen molar-refractivity contribution in [2.45, 2.75) is 24.8 Å². The number of hydrogen-bond acceptors (Lipinski definition) is 5. The zero-order valence-corrected chi connectivity index (χ0v) is 19.0. The molecule has 0 atom stereocenters. The van der Waals surface area contributed by atoms with Crippen molar-refractivity contribution in [2.75, 3.05) is 19.8 Å². The maximum atomic E-state index is 12.8. The molecule has 3 aromatic rings. The summed E-state index contributed by atoms with van der Waals surface area (Å²) in [4.78, 5) is 42.4. The maximum Gasteiger partial charge on any atom is 0.332 e. The van der Waals surface area contributed by atoms with E-state index in [2.05, 4.69) is 38.4 Å². The molecule has 4 rings (SSSR count). The highest BCUT2D eigenvalue weighted by molar-refractivity contribution is 9.10. The first kappa shape index (κ1) is 21.5. The lowest BCUT2D eigenvalue weighted by Crippen LogP contribution is -2.48. The quantitative estimate of drug-likeness (QED) is 0.577. The van der Waals surface area contributed by atoms with E-state index in [9.17, 15) is 14.4 Å². The summed E-state index contributed by atoms with van der Waals surface area (Å²) in [5, 5.41) is 2.95. The Morgan fingerprint density at radius 2 is 2.00 bits per heavy atom. The van der Waals surface area contributed by atoms with Gasteiger partial charge in [-0.15, -0.1) is 0 Å². The van der Waals surface area contributed by atoms with Crippen molar-refractivity contribution in [1.82, 2.24) is 24.0 Å². The number of aromatic nitrogens is 4. The second kappa shape index (κ2) is 8.43. The minimum atomic E-state index is -0.570. The molecule has 1 saturated heterocycles. The highest BCUT2D eigenvalue weighted by Crippen LogP contribution is 2.35. The van der Waals surface area contributed by atoms with Crippen LogP contribution in [0.5, 0.6) is 0 Å². The standard InChI is InChI=1S/C21H24BrN5O4/c1-25-13-24-18-17(25)19(29)27(20(30)26(18)2)11-16(28)23-12-21(6-8-31-9-7-21)14-4-3-5-15(22)10-14/h3-5,10,13H,6-9,11-12H2,1-2H3,(H,23,28). The van der Waals surface area contributed by atoms with Crippen LogP contribution in [-0.2, 0) is 35.6 Å². The number of fused-ring (bicyclic) bond motifs is 1. The van der Waals surface area contributed by atoms with Gasteiger partial charge in [0, 0.05) is 43.7 Å². The Morgan fingerprint density at radius 3 is 2.71 bits per heavy atom. The number of rotatable bonds is 5. The van der Waals surface area contributed by atoms with Crippen LogP contribution in [0.15, 0.2) is 44.7 Å². The van der Waals surface area contributed by atoms with Crippen molar-refractivity contribution in [1.29, 1.82) is 0 Å². The third-order valence-electron chi connectivity index (χ3n) is 6.01. The number of carbonyl (C=O) groups excluding carboxylic acids is 1. The van der Waals surface area contributed by atoms with E-state index < -0.39 is 11.2 Å². The van der Waals surface area contributed by atoms with Gasteiger partial charge in [-0.05, 0) is 30.5 Å². The van der Waals surface area contributed by atoms with E-state index in [1.165, 1.54) is 17.9 Å². The summed E-state index contributed by atoms with van der Waals surface area (Å²) in [6, 6.07) is 8.06. The molecule has 3 heterocycles. The molecule has 1 fully saturated rings. The van der Waals surface area contributed by atoms with Gasteiger partial charge in [0.15, 0.2) is 11.2 Å². The molecule has 164 valence electrons. The van der Waals surface area contributed by atoms with Crippen LogP contribution in [0.4, 0.5) is 0 Å². The second-order valence-corrected chi connectivity index (χ2v) is 8.86. The predicted octanol–water partition coefficient (Wildman–Crippen LogP) is 1.06. The number of hydrogen-bond donors (Lipinski definition) is 1. The Morgan fingerprint density at radius 1 is 1.26 bits per heavy atom. The zero-order valence-electron chi connectivity index (χ0n) is 17.4. The van der Waals surface area contributed by atoms with E-state index in [4.69, 9.17) is 4.74 Å². The fourth-order valence-electron chi connectivity index (χ4n) is 4.15. The summed E-state index contributed by atoms with van der Waals surface area (Å²) in [5.74, 6) is -0.387. The molecule has 0 bridgehead atoms. The summed E-state index contributed by atoms with van der Waals surface area (Å²) < 4.78 is 10.3. The molecule has 1 N–H and O–H groups in total. The predicted molar refractivity (Wildman–Crippen MR) is 119 cm³/mol. The molecule has 1 aliphatic rings. The van der Waals surface area contributed by atoms with Crippen LogP contribution >= 0.6 is 15.9 Å². The van der Waals surface area contributed by atoms with Gasteiger partial charge in [0.1, 0.15) is 6.54 Å². The summed E-state index contributed by atoms with van der Waals surface area (Å²) >= 11 is 3.52. The van der Waals surface area contributed by atoms with Crippen LogP contribution in [0, 0.1) is 0 Å². The molecule has 0 radical (unpaired) electrons. The van der Waals surface area contributed by atoms with E-state index in [1.807, 2.05) is 12.1 Å². The molecule has 0 spiro atoms. The average molecular weight is 490 g/mol. The summed E-state index contributed by atoms with van der Waals surface area (Å²) in [7, 11) is 3.22. The minimum Gasteiger partial charge on any atom is -0.381 e. The van der Waals surface area contributed by atoms with E-state index in [1.54, 1.807) is 11.6 Å². The molecule has 31 heavy (non-hydrogen) atoms. The van der Waals surface area contributed by atoms with Crippen molar-refractivity contribution in [2.24, 2.45) is 14.1 Å². The monoisotopic (exact) mass is 489 g/mol. The highest BCUT2D eigenvalue weighted by atomic mass is 79.9. The number of imidazole rings is 1. The Balaban J connectivity index is 1.58. The molecule has 1 amide bonds. The zero-order chi connectivity index (χ0) is 22.2. The van der Waals surface area contributed by atoms with Gasteiger partial charge < -0.3 is 14.6 Å². The van der Waals surface area contributed by atoms with Crippen molar-refractivity contribution in [3.63, 3.8) is 0 Å². The smallest absolute Gasteiger partial charge is 0.332 e. The molecule has 9 nitrogen and oxygen atoms in total. The van der Waals surface area contributed by atoms with Crippen LogP contribution in [0.2, 0.25) is 0 Å². The number of carbonyl (C=O) groups is 1. The number of nitrogens with one attached hydrogen (secondary N) is 1. The van der Waals surface area contributed by atoms with Crippen LogP contribution in [0.3, 0.4) is 0 Å². The fourth-order valence-corrected chi connectivity index (χ4v) is 4.55. The van der Waals surface area contributed by atoms with Gasteiger partial charge in [-0.1, -0.05) is 28.1 Å². The molecular weight excluding hydrogens is 466 g/mol. The number of amides is 1. The molecule has 1 aromatic carbocycles. The number of ether oxygens (including phenoxy) is 1. The van der Waals surface area contributed by atoms with E-state index in [-0.39, 0.29) is 23.4 Å². The van der Waals surface area contributed by atoms with Gasteiger partial charge in [-0.25, -0.2) is 14.3 Å². The Bertz CT molecular complexity index is 1250. The molecule has 10 heteroatoms. The Kier molecular flexibility index (Phi) is 5.85. The first-order valence-electron chi connectivity index (χ1n) is 10.0. The number of benzene rings is 1. The molecule has 0 unspecified atom stereocenters. The number of nitrogens with zero attached hydrogens (tertiary/aromatic N) is 4. The van der Waals surface area contributed by atoms with Gasteiger partial charge in [-0.3, -0.25) is 14.2 Å². The van der Waals surface area contributed by atoms with Crippen molar-refractivity contribution in [3.05, 3.63) is 61.5 Å². The molecule has 0 aliphatic carbocycles. The highest BCUT2D eigenvalue weighted by Gasteiger charge is 2.35. The largest absolute Gasteiger partial charge is 0.381 e. The summed E-state index contributed by atoms with van der Waals surface area (Å²) in [6.45, 7) is 1.27. The normalized spacial score (nSPS) is 15.8. The first-order valence-corrected chi connectivity index (χ1v) is 10.8. The minimum absolute atomic E-state index is 0.264. The topological polar surface area (TPSA) is 100 Å². The van der Waals surface area contributed by atoms with Crippen molar-refractivity contribution in [3.8, 4) is 0 Å². The summed E-state index contributed by atoms with van der Waals surface area (Å²) in [5.41, 5.74) is 0.337. The molecular formula is C21H24BrN5O4. The van der Waals surface area contributed by atoms with Crippen LogP contribution < -0.4 is 16.6 Å². The molecule has 2 aromatic heterocycles. The number of aryl methyl sites for hydroxylation is 2. The second-order valence-electron chi connectivity index (χ2n) is 7.94. The fraction of sp³-hybridized carbons (Fsp3) is 0.429. The SMILES string of the molecule is Cn1cnc2c1c(=O)n(CC(=O)NCC1(c3cccc(Br)c3)CCOCC1)c(=O)n2C. The third kappa shape index (κ3) is 3.97. The third-order valence-corrected chi connectivity index (χ3v) is 6.51. The Labute approximate surface area is 186 Å². The average Bonchev–Trinajstić information content (AvgIpc) is 3.16. The van der Waals surface area contributed by atoms with Crippen LogP contribution in [0.25, 0.3) is 11.2 Å². The lowest BCUT2D eigenvalue weighted by Gasteiger charge is -2.38. The number of halogens is 1. The first-order chi connectivity index (χ1) is 14.8. The van der Waals surface area contributed by atoms with Gasteiger partial charge in [-0.2, -0.15) is 0 Å². The van der Waals surface area contributed by atoms with Gasteiger partial charge >= 0.3 is 5.69 Å². The van der Waals surface area contributed by atoms with Gasteiger partial charge in [0.05, 0.1) is 6.33 Å². The molecule has 0 saturated carbocycles. The van der Waals surface area contributed by atoms with Crippen LogP contribution in [0.1, 0.15) is 18.4 Å². The van der Waals surface area contributed by atoms with Crippen LogP contribution in [-0.4, -0.2) is 44.4 Å². The maximum absolute atomic E-state index is 12.8. The van der Waals surface area contributed by atoms with Crippen molar-refractivity contribution < 1.29 is 9.53 Å². The Hall–Kier alpha value is -2.72. The van der Waals surface area contributed by atoms with Gasteiger partial charge in [0.25, 0.3) is 5.56 Å². The van der Waals surface area contributed by atoms with E-state index >= 15 is 0 Å². The summed E-state index contributed by atoms with van der Waals surface area (Å²) in [6.07, 6.45) is 3.02. The van der Waals surface area contributed by atoms with Crippen molar-refractivity contribution >= 4 is 33.0 Å².